The first-order valence-electron chi connectivity index (χ1n) is 7.09. The first kappa shape index (κ1) is 15.8. The van der Waals surface area contributed by atoms with Crippen molar-refractivity contribution in [2.24, 2.45) is 5.92 Å². The minimum Gasteiger partial charge on any atom is -0.354 e. The van der Waals surface area contributed by atoms with Gasteiger partial charge in [-0.15, -0.1) is 0 Å². The molecule has 18 heavy (non-hydrogen) atoms. The monoisotopic (exact) mass is 272 g/mol. The van der Waals surface area contributed by atoms with Crippen LogP contribution in [0.4, 0.5) is 0 Å². The number of hydrogen-bond donors (Lipinski definition) is 2. The summed E-state index contributed by atoms with van der Waals surface area (Å²) in [6, 6.07) is 0.436. The fraction of sp³-hybridized carbons (Fsp3) is 0.929. The third-order valence-corrected chi connectivity index (χ3v) is 4.62. The van der Waals surface area contributed by atoms with Crippen molar-refractivity contribution in [3.63, 3.8) is 0 Å². The van der Waals surface area contributed by atoms with Crippen molar-refractivity contribution in [3.05, 3.63) is 0 Å². The predicted octanol–water partition coefficient (Wildman–Crippen LogP) is 2.41. The van der Waals surface area contributed by atoms with Gasteiger partial charge in [0, 0.05) is 17.8 Å². The van der Waals surface area contributed by atoms with Crippen molar-refractivity contribution in [2.75, 3.05) is 12.8 Å². The number of nitrogens with one attached hydrogen (secondary N) is 2. The summed E-state index contributed by atoms with van der Waals surface area (Å²) in [5.41, 5.74) is 0. The summed E-state index contributed by atoms with van der Waals surface area (Å²) in [5, 5.41) is 7.24. The van der Waals surface area contributed by atoms with Gasteiger partial charge in [0.05, 0.1) is 6.04 Å². The fourth-order valence-corrected chi connectivity index (χ4v) is 3.22. The molecule has 0 spiro atoms. The quantitative estimate of drug-likeness (QED) is 0.780. The molecule has 0 saturated heterocycles. The lowest BCUT2D eigenvalue weighted by Gasteiger charge is -2.30. The molecule has 3 unspecified atom stereocenters. The molecule has 0 aromatic rings. The van der Waals surface area contributed by atoms with E-state index in [9.17, 15) is 4.79 Å². The summed E-state index contributed by atoms with van der Waals surface area (Å²) in [6.07, 6.45) is 7.20. The third-order valence-electron chi connectivity index (χ3n) is 3.52. The largest absolute Gasteiger partial charge is 0.354 e. The van der Waals surface area contributed by atoms with E-state index in [0.29, 0.717) is 12.0 Å². The lowest BCUT2D eigenvalue weighted by Crippen LogP contribution is -2.48. The highest BCUT2D eigenvalue weighted by molar-refractivity contribution is 7.99. The molecular weight excluding hydrogens is 244 g/mol. The number of carbonyl (C=O) groups is 1. The molecule has 1 rings (SSSR count). The van der Waals surface area contributed by atoms with Crippen molar-refractivity contribution in [1.29, 1.82) is 0 Å². The summed E-state index contributed by atoms with van der Waals surface area (Å²) in [5.74, 6) is 0.645. The predicted molar refractivity (Wildman–Crippen MR) is 80.0 cm³/mol. The first-order chi connectivity index (χ1) is 8.52. The van der Waals surface area contributed by atoms with Gasteiger partial charge >= 0.3 is 0 Å². The Kier molecular flexibility index (Phi) is 7.08. The van der Waals surface area contributed by atoms with Crippen LogP contribution >= 0.6 is 11.8 Å². The minimum absolute atomic E-state index is 0.0747. The summed E-state index contributed by atoms with van der Waals surface area (Å²) in [4.78, 5) is 11.9. The zero-order valence-electron chi connectivity index (χ0n) is 12.2. The van der Waals surface area contributed by atoms with Crippen molar-refractivity contribution >= 4 is 17.7 Å². The lowest BCUT2D eigenvalue weighted by molar-refractivity contribution is -0.123. The lowest BCUT2D eigenvalue weighted by atomic mass is 9.94. The van der Waals surface area contributed by atoms with Crippen LogP contribution in [0.15, 0.2) is 0 Å². The summed E-state index contributed by atoms with van der Waals surface area (Å²) < 4.78 is 0. The molecule has 4 heteroatoms. The maximum absolute atomic E-state index is 11.9. The highest BCUT2D eigenvalue weighted by Crippen LogP contribution is 2.27. The van der Waals surface area contributed by atoms with Crippen molar-refractivity contribution in [1.82, 2.24) is 10.6 Å². The van der Waals surface area contributed by atoms with Gasteiger partial charge in [0.25, 0.3) is 0 Å². The van der Waals surface area contributed by atoms with Crippen LogP contribution in [0.1, 0.15) is 46.5 Å². The summed E-state index contributed by atoms with van der Waals surface area (Å²) >= 11 is 1.96. The Hall–Kier alpha value is -0.220. The van der Waals surface area contributed by atoms with Gasteiger partial charge in [-0.25, -0.2) is 0 Å². The van der Waals surface area contributed by atoms with Crippen LogP contribution in [0, 0.1) is 5.92 Å². The van der Waals surface area contributed by atoms with Crippen LogP contribution in [0.25, 0.3) is 0 Å². The van der Waals surface area contributed by atoms with Gasteiger partial charge in [0.15, 0.2) is 0 Å². The SMILES string of the molecule is CSC1CCCC(NC(C)C(=O)NCC(C)C)C1. The fourth-order valence-electron chi connectivity index (χ4n) is 2.40. The van der Waals surface area contributed by atoms with Crippen molar-refractivity contribution < 1.29 is 4.79 Å². The van der Waals surface area contributed by atoms with E-state index in [1.807, 2.05) is 18.7 Å². The van der Waals surface area contributed by atoms with Gasteiger partial charge in [-0.3, -0.25) is 4.79 Å². The first-order valence-corrected chi connectivity index (χ1v) is 8.38. The smallest absolute Gasteiger partial charge is 0.236 e. The standard InChI is InChI=1S/C14H28N2OS/c1-10(2)9-15-14(17)11(3)16-12-6-5-7-13(8-12)18-4/h10-13,16H,5-9H2,1-4H3,(H,15,17). The van der Waals surface area contributed by atoms with Gasteiger partial charge < -0.3 is 10.6 Å². The Bertz CT molecular complexity index is 258. The molecule has 3 atom stereocenters. The van der Waals surface area contributed by atoms with Crippen LogP contribution in [-0.2, 0) is 4.79 Å². The molecule has 1 fully saturated rings. The normalized spacial score (nSPS) is 26.1. The zero-order valence-corrected chi connectivity index (χ0v) is 13.0. The second kappa shape index (κ2) is 8.05. The number of rotatable bonds is 6. The summed E-state index contributed by atoms with van der Waals surface area (Å²) in [6.45, 7) is 6.96. The Morgan fingerprint density at radius 2 is 2.06 bits per heavy atom. The average molecular weight is 272 g/mol. The van der Waals surface area contributed by atoms with E-state index >= 15 is 0 Å². The maximum atomic E-state index is 11.9. The Morgan fingerprint density at radius 3 is 2.67 bits per heavy atom. The topological polar surface area (TPSA) is 41.1 Å². The van der Waals surface area contributed by atoms with Gasteiger partial charge in [-0.1, -0.05) is 20.3 Å². The number of thioether (sulfide) groups is 1. The Morgan fingerprint density at radius 1 is 1.33 bits per heavy atom. The van der Waals surface area contributed by atoms with E-state index in [-0.39, 0.29) is 11.9 Å². The number of hydrogen-bond acceptors (Lipinski definition) is 3. The van der Waals surface area contributed by atoms with Crippen molar-refractivity contribution in [2.45, 2.75) is 63.8 Å². The second-order valence-corrected chi connectivity index (χ2v) is 6.89. The molecule has 1 aliphatic carbocycles. The molecule has 3 nitrogen and oxygen atoms in total. The molecule has 0 aromatic carbocycles. The molecule has 0 aliphatic heterocycles. The van der Waals surface area contributed by atoms with E-state index in [1.54, 1.807) is 0 Å². The zero-order chi connectivity index (χ0) is 13.5. The van der Waals surface area contributed by atoms with Crippen LogP contribution in [0.3, 0.4) is 0 Å². The minimum atomic E-state index is -0.0747. The molecule has 0 aromatic heterocycles. The van der Waals surface area contributed by atoms with E-state index in [2.05, 4.69) is 30.7 Å². The second-order valence-electron chi connectivity index (χ2n) is 5.75. The molecule has 106 valence electrons. The molecule has 0 heterocycles. The number of carbonyl (C=O) groups excluding carboxylic acids is 1. The molecule has 2 N–H and O–H groups in total. The van der Waals surface area contributed by atoms with Gasteiger partial charge in [0.2, 0.25) is 5.91 Å². The highest BCUT2D eigenvalue weighted by Gasteiger charge is 2.24. The Balaban J connectivity index is 2.29. The third kappa shape index (κ3) is 5.61. The summed E-state index contributed by atoms with van der Waals surface area (Å²) in [7, 11) is 0. The van der Waals surface area contributed by atoms with E-state index in [1.165, 1.54) is 25.7 Å². The van der Waals surface area contributed by atoms with Gasteiger partial charge in [0.1, 0.15) is 0 Å². The van der Waals surface area contributed by atoms with Gasteiger partial charge in [-0.2, -0.15) is 11.8 Å². The molecule has 1 aliphatic rings. The molecule has 0 radical (unpaired) electrons. The van der Waals surface area contributed by atoms with E-state index in [0.717, 1.165) is 11.8 Å². The average Bonchev–Trinajstić information content (AvgIpc) is 2.36. The van der Waals surface area contributed by atoms with Crippen LogP contribution in [0.5, 0.6) is 0 Å². The van der Waals surface area contributed by atoms with Crippen molar-refractivity contribution in [3.8, 4) is 0 Å². The molecule has 1 amide bonds. The van der Waals surface area contributed by atoms with Crippen LogP contribution in [-0.4, -0.2) is 36.0 Å². The molecule has 1 saturated carbocycles. The van der Waals surface area contributed by atoms with E-state index < -0.39 is 0 Å². The maximum Gasteiger partial charge on any atom is 0.236 e. The Labute approximate surface area is 116 Å². The highest BCUT2D eigenvalue weighted by atomic mass is 32.2. The van der Waals surface area contributed by atoms with Crippen LogP contribution in [0.2, 0.25) is 0 Å². The molecular formula is C14H28N2OS. The van der Waals surface area contributed by atoms with Gasteiger partial charge in [-0.05, 0) is 38.4 Å². The van der Waals surface area contributed by atoms with E-state index in [4.69, 9.17) is 0 Å². The molecule has 0 bridgehead atoms. The number of amides is 1. The van der Waals surface area contributed by atoms with Crippen LogP contribution < -0.4 is 10.6 Å².